The van der Waals surface area contributed by atoms with E-state index in [4.69, 9.17) is 14.0 Å². The van der Waals surface area contributed by atoms with Gasteiger partial charge in [0.05, 0.1) is 11.7 Å². The average Bonchev–Trinajstić information content (AvgIpc) is 3.50. The molecular formula is C24H24N4O2. The number of nitrogens with zero attached hydrogens (tertiary/aromatic N) is 4. The molecule has 30 heavy (non-hydrogen) atoms. The largest absolute Gasteiger partial charge is 0.441 e. The summed E-state index contributed by atoms with van der Waals surface area (Å²) in [6.07, 6.45) is 2.18. The predicted molar refractivity (Wildman–Crippen MR) is 114 cm³/mol. The molecule has 1 fully saturated rings. The Hall–Kier alpha value is -3.25. The van der Waals surface area contributed by atoms with Crippen molar-refractivity contribution in [3.05, 3.63) is 77.4 Å². The summed E-state index contributed by atoms with van der Waals surface area (Å²) >= 11 is 0. The monoisotopic (exact) mass is 400 g/mol. The third-order valence-corrected chi connectivity index (χ3v) is 5.85. The van der Waals surface area contributed by atoms with Crippen LogP contribution in [0.1, 0.15) is 41.7 Å². The van der Waals surface area contributed by atoms with Crippen LogP contribution >= 0.6 is 0 Å². The molecule has 2 aromatic carbocycles. The summed E-state index contributed by atoms with van der Waals surface area (Å²) in [7, 11) is 0. The molecule has 0 saturated carbocycles. The van der Waals surface area contributed by atoms with Gasteiger partial charge in [-0.3, -0.25) is 4.90 Å². The highest BCUT2D eigenvalue weighted by atomic mass is 16.6. The molecule has 0 bridgehead atoms. The average molecular weight is 400 g/mol. The summed E-state index contributed by atoms with van der Waals surface area (Å²) in [4.78, 5) is 7.20. The Kier molecular flexibility index (Phi) is 4.93. The maximum Gasteiger partial charge on any atom is 0.226 e. The van der Waals surface area contributed by atoms with E-state index in [9.17, 15) is 0 Å². The van der Waals surface area contributed by atoms with Crippen LogP contribution < -0.4 is 0 Å². The maximum absolute atomic E-state index is 6.02. The molecule has 0 aliphatic carbocycles. The van der Waals surface area contributed by atoms with Crippen molar-refractivity contribution >= 4 is 0 Å². The second-order valence-corrected chi connectivity index (χ2v) is 7.83. The van der Waals surface area contributed by atoms with Crippen molar-refractivity contribution in [1.82, 2.24) is 20.2 Å². The van der Waals surface area contributed by atoms with Gasteiger partial charge in [-0.15, -0.1) is 0 Å². The smallest absolute Gasteiger partial charge is 0.226 e. The van der Waals surface area contributed by atoms with Gasteiger partial charge in [-0.1, -0.05) is 52.8 Å². The van der Waals surface area contributed by atoms with E-state index in [2.05, 4.69) is 63.7 Å². The van der Waals surface area contributed by atoms with Gasteiger partial charge in [0, 0.05) is 12.1 Å². The van der Waals surface area contributed by atoms with Crippen LogP contribution in [0.2, 0.25) is 0 Å². The van der Waals surface area contributed by atoms with Crippen LogP contribution in [0, 0.1) is 13.8 Å². The third kappa shape index (κ3) is 3.55. The van der Waals surface area contributed by atoms with Gasteiger partial charge in [0.2, 0.25) is 5.89 Å². The molecular weight excluding hydrogens is 376 g/mol. The van der Waals surface area contributed by atoms with Crippen LogP contribution in [0.25, 0.3) is 22.6 Å². The zero-order valence-electron chi connectivity index (χ0n) is 17.2. The number of rotatable bonds is 5. The normalized spacial score (nSPS) is 16.9. The second kappa shape index (κ2) is 7.88. The van der Waals surface area contributed by atoms with Gasteiger partial charge in [-0.2, -0.15) is 0 Å². The van der Waals surface area contributed by atoms with Crippen LogP contribution in [0.5, 0.6) is 0 Å². The fraction of sp³-hybridized carbons (Fsp3) is 0.292. The lowest BCUT2D eigenvalue weighted by atomic mass is 10.0. The van der Waals surface area contributed by atoms with E-state index >= 15 is 0 Å². The summed E-state index contributed by atoms with van der Waals surface area (Å²) < 4.78 is 10.9. The minimum Gasteiger partial charge on any atom is -0.441 e. The van der Waals surface area contributed by atoms with Crippen molar-refractivity contribution in [2.45, 2.75) is 39.3 Å². The van der Waals surface area contributed by atoms with Crippen LogP contribution in [-0.4, -0.2) is 26.7 Å². The number of aromatic nitrogens is 3. The number of benzene rings is 2. The van der Waals surface area contributed by atoms with Gasteiger partial charge in [0.1, 0.15) is 17.1 Å². The lowest BCUT2D eigenvalue weighted by Gasteiger charge is -2.21. The van der Waals surface area contributed by atoms with E-state index in [-0.39, 0.29) is 6.04 Å². The van der Waals surface area contributed by atoms with E-state index in [0.717, 1.165) is 54.3 Å². The number of aryl methyl sites for hydroxylation is 2. The molecule has 5 rings (SSSR count). The van der Waals surface area contributed by atoms with Gasteiger partial charge < -0.3 is 4.42 Å². The molecule has 1 aliphatic rings. The first-order valence-electron chi connectivity index (χ1n) is 10.3. The summed E-state index contributed by atoms with van der Waals surface area (Å²) in [6, 6.07) is 18.9. The highest BCUT2D eigenvalue weighted by Gasteiger charge is 2.31. The molecule has 1 saturated heterocycles. The number of hydrogen-bond donors (Lipinski definition) is 0. The summed E-state index contributed by atoms with van der Waals surface area (Å²) in [5.41, 5.74) is 6.13. The summed E-state index contributed by atoms with van der Waals surface area (Å²) in [6.45, 7) is 5.66. The minimum absolute atomic E-state index is 0.223. The fourth-order valence-electron chi connectivity index (χ4n) is 4.19. The first kappa shape index (κ1) is 18.8. The molecule has 4 aromatic rings. The first-order valence-corrected chi connectivity index (χ1v) is 10.3. The van der Waals surface area contributed by atoms with Crippen LogP contribution in [0.4, 0.5) is 0 Å². The predicted octanol–water partition coefficient (Wildman–Crippen LogP) is 5.35. The summed E-state index contributed by atoms with van der Waals surface area (Å²) in [5.74, 6) is 1.52. The Bertz CT molecular complexity index is 1130. The Morgan fingerprint density at radius 2 is 1.67 bits per heavy atom. The topological polar surface area (TPSA) is 68.2 Å². The van der Waals surface area contributed by atoms with Crippen molar-refractivity contribution in [1.29, 1.82) is 0 Å². The molecule has 0 amide bonds. The minimum atomic E-state index is 0.223. The van der Waals surface area contributed by atoms with Crippen LogP contribution in [0.15, 0.2) is 63.6 Å². The second-order valence-electron chi connectivity index (χ2n) is 7.83. The SMILES string of the molecule is Cc1nonc1[C@@H]1CCCN1Cc1nc(-c2ccc(-c3ccccc3)cc2)oc1C. The maximum atomic E-state index is 6.02. The Balaban J connectivity index is 1.35. The molecule has 1 atom stereocenters. The number of hydrogen-bond acceptors (Lipinski definition) is 6. The summed E-state index contributed by atoms with van der Waals surface area (Å²) in [5, 5.41) is 8.07. The number of oxazole rings is 1. The third-order valence-electron chi connectivity index (χ3n) is 5.85. The first-order chi connectivity index (χ1) is 14.7. The lowest BCUT2D eigenvalue weighted by molar-refractivity contribution is 0.228. The van der Waals surface area contributed by atoms with Crippen LogP contribution in [-0.2, 0) is 6.54 Å². The Labute approximate surface area is 175 Å². The van der Waals surface area contributed by atoms with E-state index < -0.39 is 0 Å². The standard InChI is InChI=1S/C24H24N4O2/c1-16-23(27-30-26-16)22-9-6-14-28(22)15-21-17(2)29-24(25-21)20-12-10-19(11-13-20)18-7-4-3-5-8-18/h3-5,7-8,10-13,22H,6,9,14-15H2,1-2H3/t22-/m0/s1. The highest BCUT2D eigenvalue weighted by Crippen LogP contribution is 2.34. The van der Waals surface area contributed by atoms with Gasteiger partial charge in [0.15, 0.2) is 0 Å². The molecule has 0 unspecified atom stereocenters. The lowest BCUT2D eigenvalue weighted by Crippen LogP contribution is -2.24. The van der Waals surface area contributed by atoms with Crippen molar-refractivity contribution in [3.8, 4) is 22.6 Å². The molecule has 6 heteroatoms. The molecule has 1 aliphatic heterocycles. The molecule has 0 spiro atoms. The zero-order valence-corrected chi connectivity index (χ0v) is 17.2. The molecule has 152 valence electrons. The van der Waals surface area contributed by atoms with E-state index in [1.165, 1.54) is 11.1 Å². The Morgan fingerprint density at radius 3 is 2.40 bits per heavy atom. The fourth-order valence-corrected chi connectivity index (χ4v) is 4.19. The van der Waals surface area contributed by atoms with E-state index in [0.29, 0.717) is 5.89 Å². The van der Waals surface area contributed by atoms with Gasteiger partial charge in [-0.25, -0.2) is 9.61 Å². The highest BCUT2D eigenvalue weighted by molar-refractivity contribution is 5.67. The molecule has 0 radical (unpaired) electrons. The van der Waals surface area contributed by atoms with Crippen molar-refractivity contribution < 1.29 is 9.05 Å². The van der Waals surface area contributed by atoms with Crippen LogP contribution in [0.3, 0.4) is 0 Å². The van der Waals surface area contributed by atoms with E-state index in [1.54, 1.807) is 0 Å². The molecule has 0 N–H and O–H groups in total. The molecule has 6 nitrogen and oxygen atoms in total. The van der Waals surface area contributed by atoms with Gasteiger partial charge in [0.25, 0.3) is 0 Å². The van der Waals surface area contributed by atoms with Crippen molar-refractivity contribution in [3.63, 3.8) is 0 Å². The van der Waals surface area contributed by atoms with E-state index in [1.807, 2.05) is 19.9 Å². The van der Waals surface area contributed by atoms with Gasteiger partial charge in [-0.05, 0) is 56.5 Å². The quantitative estimate of drug-likeness (QED) is 0.450. The molecule has 3 heterocycles. The molecule has 2 aromatic heterocycles. The number of likely N-dealkylation sites (tertiary alicyclic amines) is 1. The Morgan fingerprint density at radius 1 is 0.933 bits per heavy atom. The zero-order chi connectivity index (χ0) is 20.5. The van der Waals surface area contributed by atoms with Crippen molar-refractivity contribution in [2.75, 3.05) is 6.54 Å². The van der Waals surface area contributed by atoms with Gasteiger partial charge >= 0.3 is 0 Å². The van der Waals surface area contributed by atoms with Crippen molar-refractivity contribution in [2.24, 2.45) is 0 Å².